The fourth-order valence-electron chi connectivity index (χ4n) is 9.83. The van der Waals surface area contributed by atoms with Gasteiger partial charge in [-0.25, -0.2) is 34.9 Å². The first-order valence-corrected chi connectivity index (χ1v) is 32.9. The van der Waals surface area contributed by atoms with Gasteiger partial charge >= 0.3 is 0 Å². The second kappa shape index (κ2) is 28.0. The molecule has 454 valence electrons. The lowest BCUT2D eigenvalue weighted by atomic mass is 9.81. The van der Waals surface area contributed by atoms with Crippen molar-refractivity contribution in [2.75, 3.05) is 39.1 Å². The minimum Gasteiger partial charge on any atom is -0.386 e. The number of methoxy groups -OCH3 is 1. The summed E-state index contributed by atoms with van der Waals surface area (Å²) in [6.45, 7) is 5.73. The Labute approximate surface area is 523 Å². The van der Waals surface area contributed by atoms with E-state index >= 15 is 0 Å². The standard InChI is InChI=1S/C57H61N15O9S6/c1-26(2)41-57-72-44(37(87-57)21-81-5)50(79)61-20-40(74)69-45(46(75)28-9-7-6-8-10-28)56-66-36(24-84-56)54-64-34(22-83-54)43-31(52-65-35(23-82-52)49(78)63-33(19-39(73)59-4)55-71-42(27(3)86-55)51(80)70-41)15-16-32(62-43)53-68-38(25-85-53)67-48(77)30-13-11-29(12-14-30)47(76)60-18-17-58/h6-10,15-16,22-26,29-30,33,41,45-46,75H,11-14,17-21,58H2,1-5H3,(H,59,73)(H,60,76)(H,61,79)(H,63,78)(H,67,77)(H,69,74)(H,70,80)/t29-,30-,33-,41-,45-,46-/m0/s1. The van der Waals surface area contributed by atoms with E-state index in [-0.39, 0.29) is 59.7 Å². The Morgan fingerprint density at radius 3 is 2.11 bits per heavy atom. The number of rotatable bonds is 13. The summed E-state index contributed by atoms with van der Waals surface area (Å²) in [4.78, 5) is 131. The zero-order valence-corrected chi connectivity index (χ0v) is 52.5. The van der Waals surface area contributed by atoms with Gasteiger partial charge in [0.15, 0.2) is 0 Å². The Bertz CT molecular complexity index is 3830. The van der Waals surface area contributed by atoms with Gasteiger partial charge in [0.1, 0.15) is 82.2 Å². The third kappa shape index (κ3) is 14.5. The van der Waals surface area contributed by atoms with Gasteiger partial charge in [-0.3, -0.25) is 33.6 Å². The molecule has 24 nitrogen and oxygen atoms in total. The number of benzene rings is 1. The number of fused-ring (bicyclic) bond motifs is 14. The molecule has 2 aliphatic rings. The summed E-state index contributed by atoms with van der Waals surface area (Å²) in [6.07, 6.45) is 0.775. The van der Waals surface area contributed by atoms with Gasteiger partial charge in [-0.2, -0.15) is 0 Å². The number of nitrogens with two attached hydrogens (primary N) is 1. The number of hydrogen-bond donors (Lipinski definition) is 9. The lowest BCUT2D eigenvalue weighted by Gasteiger charge is -2.26. The zero-order chi connectivity index (χ0) is 61.5. The van der Waals surface area contributed by atoms with Crippen LogP contribution in [0, 0.1) is 24.7 Å². The molecule has 1 aliphatic carbocycles. The number of nitrogens with zero attached hydrogens (tertiary/aromatic N) is 7. The van der Waals surface area contributed by atoms with E-state index in [2.05, 4.69) is 37.2 Å². The van der Waals surface area contributed by atoms with Crippen LogP contribution in [-0.4, -0.2) is 115 Å². The van der Waals surface area contributed by atoms with Crippen molar-refractivity contribution in [1.29, 1.82) is 0 Å². The third-order valence-corrected chi connectivity index (χ3v) is 20.1. The number of nitrogens with one attached hydrogen (secondary N) is 7. The van der Waals surface area contributed by atoms with Crippen LogP contribution in [-0.2, 0) is 30.5 Å². The van der Waals surface area contributed by atoms with Crippen molar-refractivity contribution in [3.05, 3.63) is 111 Å². The van der Waals surface area contributed by atoms with Crippen molar-refractivity contribution < 1.29 is 43.4 Å². The van der Waals surface area contributed by atoms with Gasteiger partial charge in [-0.1, -0.05) is 44.2 Å². The summed E-state index contributed by atoms with van der Waals surface area (Å²) in [6, 6.07) is 9.56. The van der Waals surface area contributed by atoms with Crippen LogP contribution >= 0.6 is 68.0 Å². The number of hydrogen-bond acceptors (Lipinski definition) is 23. The van der Waals surface area contributed by atoms with Gasteiger partial charge in [0.25, 0.3) is 17.7 Å². The van der Waals surface area contributed by atoms with E-state index < -0.39 is 60.3 Å². The SMILES string of the molecule is CNC(=O)C[C@@H]1NC(=O)c2csc(n2)-c2ccc(-c3nc(NC(=O)[C@H]4CC[C@H](C(=O)NCCN)CC4)cs3)nc2-c2csc(n2)-c2csc(n2)[C@H]([C@@H](O)c2ccccc2)NC(=O)CNC(=O)c2nc(sc2COC)[C@H](C(C)C)NC(=O)c2nc1sc2C. The highest BCUT2D eigenvalue weighted by Crippen LogP contribution is 2.40. The van der Waals surface area contributed by atoms with Gasteiger partial charge in [0, 0.05) is 71.0 Å². The third-order valence-electron chi connectivity index (χ3n) is 14.4. The number of carbonyl (C=O) groups excluding carboxylic acids is 7. The van der Waals surface area contributed by atoms with Crippen LogP contribution in [0.3, 0.4) is 0 Å². The van der Waals surface area contributed by atoms with Crippen LogP contribution in [0.2, 0.25) is 0 Å². The number of ether oxygens (including phenoxy) is 1. The number of anilines is 1. The first-order valence-electron chi connectivity index (χ1n) is 27.7. The minimum atomic E-state index is -1.28. The van der Waals surface area contributed by atoms with E-state index in [0.717, 1.165) is 11.3 Å². The molecule has 0 unspecified atom stereocenters. The molecular weight excluding hydrogens is 1230 g/mol. The van der Waals surface area contributed by atoms with Crippen LogP contribution < -0.4 is 43.0 Å². The first-order chi connectivity index (χ1) is 42.0. The number of aryl methyl sites for hydroxylation is 1. The molecule has 1 aromatic carbocycles. The number of amides is 7. The molecule has 1 saturated carbocycles. The van der Waals surface area contributed by atoms with Crippen molar-refractivity contribution in [3.63, 3.8) is 0 Å². The van der Waals surface area contributed by atoms with Crippen LogP contribution in [0.15, 0.2) is 64.0 Å². The lowest BCUT2D eigenvalue weighted by molar-refractivity contribution is -0.128. The number of aliphatic hydroxyl groups is 1. The average molecular weight is 1290 g/mol. The summed E-state index contributed by atoms with van der Waals surface area (Å²) in [5.74, 6) is -3.47. The monoisotopic (exact) mass is 1290 g/mol. The van der Waals surface area contributed by atoms with E-state index in [1.165, 1.54) is 70.8 Å². The molecule has 7 aromatic heterocycles. The first kappa shape index (κ1) is 62.4. The quantitative estimate of drug-likeness (QED) is 0.0554. The van der Waals surface area contributed by atoms with Crippen LogP contribution in [0.4, 0.5) is 5.82 Å². The van der Waals surface area contributed by atoms with E-state index in [1.807, 2.05) is 13.8 Å². The fraction of sp³-hybridized carbons (Fsp3) is 0.368. The molecule has 0 saturated heterocycles. The fourth-order valence-corrected chi connectivity index (χ4v) is 15.3. The molecule has 30 heteroatoms. The maximum absolute atomic E-state index is 14.3. The number of pyridine rings is 1. The molecule has 8 aromatic rings. The van der Waals surface area contributed by atoms with Gasteiger partial charge in [-0.15, -0.1) is 68.0 Å². The molecule has 1 aliphatic heterocycles. The van der Waals surface area contributed by atoms with E-state index in [0.29, 0.717) is 118 Å². The van der Waals surface area contributed by atoms with Crippen molar-refractivity contribution in [2.24, 2.45) is 23.5 Å². The molecule has 4 atom stereocenters. The molecule has 0 radical (unpaired) electrons. The lowest BCUT2D eigenvalue weighted by Crippen LogP contribution is -2.40. The van der Waals surface area contributed by atoms with Gasteiger partial charge in [0.2, 0.25) is 23.6 Å². The van der Waals surface area contributed by atoms with Crippen molar-refractivity contribution >= 4 is 115 Å². The van der Waals surface area contributed by atoms with E-state index in [9.17, 15) is 38.7 Å². The summed E-state index contributed by atoms with van der Waals surface area (Å²) in [7, 11) is 2.95. The van der Waals surface area contributed by atoms with E-state index in [1.54, 1.807) is 70.9 Å². The summed E-state index contributed by atoms with van der Waals surface area (Å²) in [5.41, 5.74) is 8.35. The smallest absolute Gasteiger partial charge is 0.271 e. The summed E-state index contributed by atoms with van der Waals surface area (Å²) >= 11 is 7.24. The number of aromatic nitrogens is 7. The van der Waals surface area contributed by atoms with Crippen molar-refractivity contribution in [1.82, 2.24) is 66.8 Å². The normalized spacial score (nSPS) is 18.8. The number of thiazole rings is 6. The molecule has 10 N–H and O–H groups in total. The highest BCUT2D eigenvalue weighted by atomic mass is 32.1. The number of aliphatic hydroxyl groups excluding tert-OH is 1. The van der Waals surface area contributed by atoms with Crippen LogP contribution in [0.25, 0.3) is 43.4 Å². The molecule has 7 amide bonds. The zero-order valence-electron chi connectivity index (χ0n) is 47.6. The van der Waals surface area contributed by atoms with Crippen LogP contribution in [0.5, 0.6) is 0 Å². The molecule has 87 heavy (non-hydrogen) atoms. The highest BCUT2D eigenvalue weighted by Gasteiger charge is 2.34. The predicted octanol–water partition coefficient (Wildman–Crippen LogP) is 7.13. The minimum absolute atomic E-state index is 0.000817. The Morgan fingerprint density at radius 1 is 0.690 bits per heavy atom. The highest BCUT2D eigenvalue weighted by molar-refractivity contribution is 7.15. The van der Waals surface area contributed by atoms with Gasteiger partial charge in [0.05, 0.1) is 42.2 Å². The van der Waals surface area contributed by atoms with Crippen molar-refractivity contribution in [2.45, 2.75) is 83.7 Å². The van der Waals surface area contributed by atoms with Crippen molar-refractivity contribution in [3.8, 4) is 43.4 Å². The Balaban J connectivity index is 1.01. The molecular formula is C57H61N15O9S6. The second-order valence-corrected chi connectivity index (χ2v) is 26.6. The largest absolute Gasteiger partial charge is 0.386 e. The maximum Gasteiger partial charge on any atom is 0.271 e. The van der Waals surface area contributed by atoms with Gasteiger partial charge in [-0.05, 0) is 56.2 Å². The second-order valence-electron chi connectivity index (χ2n) is 20.8. The number of carbonyl (C=O) groups is 7. The van der Waals surface area contributed by atoms with Crippen LogP contribution in [0.1, 0.15) is 132 Å². The summed E-state index contributed by atoms with van der Waals surface area (Å²) in [5, 5.41) is 41.2. The van der Waals surface area contributed by atoms with E-state index in [4.69, 9.17) is 45.4 Å². The Hall–Kier alpha value is -7.68. The molecule has 0 spiro atoms. The topological polar surface area (TPSA) is 349 Å². The molecule has 1 fully saturated rings. The molecule has 8 heterocycles. The Kier molecular flexibility index (Phi) is 20.1. The average Bonchev–Trinajstić information content (AvgIpc) is 2.59. The van der Waals surface area contributed by atoms with Gasteiger partial charge < -0.3 is 52.8 Å². The molecule has 10 rings (SSSR count). The Morgan fingerprint density at radius 2 is 1.38 bits per heavy atom. The summed E-state index contributed by atoms with van der Waals surface area (Å²) < 4.78 is 5.46. The predicted molar refractivity (Wildman–Crippen MR) is 333 cm³/mol. The molecule has 10 bridgehead atoms. The maximum atomic E-state index is 14.3.